The quantitative estimate of drug-likeness (QED) is 0.840. The molecule has 3 rings (SSSR count). The summed E-state index contributed by atoms with van der Waals surface area (Å²) in [6.45, 7) is 1.83. The fraction of sp³-hybridized carbons (Fsp3) is 0.417. The van der Waals surface area contributed by atoms with Gasteiger partial charge in [-0.05, 0) is 25.5 Å². The molecule has 2 aromatic heterocycles. The van der Waals surface area contributed by atoms with Crippen LogP contribution in [0.25, 0.3) is 11.5 Å². The molecule has 0 spiro atoms. The van der Waals surface area contributed by atoms with Crippen molar-refractivity contribution in [2.75, 3.05) is 0 Å². The molecule has 19 heavy (non-hydrogen) atoms. The van der Waals surface area contributed by atoms with E-state index in [-0.39, 0.29) is 18.1 Å². The summed E-state index contributed by atoms with van der Waals surface area (Å²) in [6.07, 6.45) is -2.59. The summed E-state index contributed by atoms with van der Waals surface area (Å²) in [6, 6.07) is 3.52. The van der Waals surface area contributed by atoms with Gasteiger partial charge in [0.25, 0.3) is 5.89 Å². The highest BCUT2D eigenvalue weighted by atomic mass is 19.4. The number of alkyl halides is 3. The number of pyridine rings is 1. The van der Waals surface area contributed by atoms with Gasteiger partial charge in [0.05, 0.1) is 11.5 Å². The Morgan fingerprint density at radius 1 is 1.32 bits per heavy atom. The predicted octanol–water partition coefficient (Wildman–Crippen LogP) is 3.11. The Morgan fingerprint density at radius 3 is 2.68 bits per heavy atom. The lowest BCUT2D eigenvalue weighted by Gasteiger charge is -2.02. The zero-order valence-corrected chi connectivity index (χ0v) is 9.98. The largest absolute Gasteiger partial charge is 0.392 e. The third-order valence-corrected chi connectivity index (χ3v) is 3.14. The molecule has 7 heteroatoms. The molecule has 2 heterocycles. The summed E-state index contributed by atoms with van der Waals surface area (Å²) in [4.78, 5) is 8.09. The molecule has 0 aromatic carbocycles. The maximum absolute atomic E-state index is 12.5. The normalized spacial score (nSPS) is 22.5. The first-order chi connectivity index (χ1) is 8.95. The van der Waals surface area contributed by atoms with Gasteiger partial charge in [0.15, 0.2) is 5.82 Å². The lowest BCUT2D eigenvalue weighted by Crippen LogP contribution is -2.11. The van der Waals surface area contributed by atoms with Crippen molar-refractivity contribution in [1.82, 2.24) is 15.1 Å². The molecule has 0 saturated heterocycles. The van der Waals surface area contributed by atoms with Crippen molar-refractivity contribution in [2.24, 2.45) is 5.92 Å². The van der Waals surface area contributed by atoms with E-state index in [2.05, 4.69) is 15.1 Å². The van der Waals surface area contributed by atoms with Crippen LogP contribution in [0.1, 0.15) is 23.9 Å². The number of hydrogen-bond acceptors (Lipinski definition) is 4. The lowest BCUT2D eigenvalue weighted by molar-refractivity contribution is -0.148. The van der Waals surface area contributed by atoms with Gasteiger partial charge in [-0.1, -0.05) is 5.16 Å². The van der Waals surface area contributed by atoms with Gasteiger partial charge in [0, 0.05) is 17.8 Å². The van der Waals surface area contributed by atoms with Crippen LogP contribution in [0.3, 0.4) is 0 Å². The highest BCUT2D eigenvalue weighted by molar-refractivity contribution is 5.51. The summed E-state index contributed by atoms with van der Waals surface area (Å²) in [7, 11) is 0. The Labute approximate surface area is 106 Å². The maximum Gasteiger partial charge on any atom is 0.392 e. The second-order valence-electron chi connectivity index (χ2n) is 4.64. The molecule has 0 amide bonds. The maximum atomic E-state index is 12.5. The van der Waals surface area contributed by atoms with Crippen LogP contribution in [-0.4, -0.2) is 21.3 Å². The average Bonchev–Trinajstić information content (AvgIpc) is 3.02. The Bertz CT molecular complexity index is 591. The van der Waals surface area contributed by atoms with Crippen molar-refractivity contribution in [2.45, 2.75) is 25.4 Å². The highest BCUT2D eigenvalue weighted by Gasteiger charge is 2.58. The zero-order valence-electron chi connectivity index (χ0n) is 9.98. The summed E-state index contributed by atoms with van der Waals surface area (Å²) in [5, 5.41) is 3.63. The number of nitrogens with zero attached hydrogens (tertiary/aromatic N) is 3. The Morgan fingerprint density at radius 2 is 2.11 bits per heavy atom. The average molecular weight is 269 g/mol. The minimum atomic E-state index is -4.18. The van der Waals surface area contributed by atoms with Crippen LogP contribution in [0, 0.1) is 12.8 Å². The molecule has 2 atom stereocenters. The smallest absolute Gasteiger partial charge is 0.334 e. The Balaban J connectivity index is 1.80. The molecule has 1 aliphatic carbocycles. The molecule has 1 fully saturated rings. The number of aromatic nitrogens is 3. The first-order valence-corrected chi connectivity index (χ1v) is 5.78. The van der Waals surface area contributed by atoms with Crippen LogP contribution in [0.2, 0.25) is 0 Å². The molecule has 1 saturated carbocycles. The monoisotopic (exact) mass is 269 g/mol. The van der Waals surface area contributed by atoms with Gasteiger partial charge in [-0.15, -0.1) is 0 Å². The minimum Gasteiger partial charge on any atom is -0.334 e. The lowest BCUT2D eigenvalue weighted by atomic mass is 10.2. The third kappa shape index (κ3) is 2.32. The first kappa shape index (κ1) is 12.1. The molecule has 100 valence electrons. The Kier molecular flexibility index (Phi) is 2.58. The van der Waals surface area contributed by atoms with Crippen molar-refractivity contribution in [3.63, 3.8) is 0 Å². The number of halogens is 3. The van der Waals surface area contributed by atoms with Crippen molar-refractivity contribution in [3.8, 4) is 11.5 Å². The van der Waals surface area contributed by atoms with Gasteiger partial charge in [0.2, 0.25) is 0 Å². The van der Waals surface area contributed by atoms with Gasteiger partial charge >= 0.3 is 6.18 Å². The molecular weight excluding hydrogens is 259 g/mol. The van der Waals surface area contributed by atoms with Gasteiger partial charge in [-0.25, -0.2) is 0 Å². The molecule has 2 aromatic rings. The van der Waals surface area contributed by atoms with E-state index in [0.29, 0.717) is 5.56 Å². The van der Waals surface area contributed by atoms with Crippen LogP contribution in [0.5, 0.6) is 0 Å². The molecule has 0 bridgehead atoms. The van der Waals surface area contributed by atoms with Crippen LogP contribution in [0.15, 0.2) is 22.9 Å². The molecule has 0 N–H and O–H groups in total. The van der Waals surface area contributed by atoms with Crippen LogP contribution >= 0.6 is 0 Å². The fourth-order valence-corrected chi connectivity index (χ4v) is 1.94. The van der Waals surface area contributed by atoms with E-state index in [1.54, 1.807) is 18.3 Å². The minimum absolute atomic E-state index is 0.0363. The van der Waals surface area contributed by atoms with Gasteiger partial charge in [-0.3, -0.25) is 4.98 Å². The van der Waals surface area contributed by atoms with Crippen molar-refractivity contribution < 1.29 is 17.7 Å². The number of hydrogen-bond donors (Lipinski definition) is 0. The van der Waals surface area contributed by atoms with E-state index >= 15 is 0 Å². The second kappa shape index (κ2) is 4.04. The molecule has 0 unspecified atom stereocenters. The summed E-state index contributed by atoms with van der Waals surface area (Å²) < 4.78 is 42.3. The van der Waals surface area contributed by atoms with E-state index in [1.807, 2.05) is 6.92 Å². The zero-order chi connectivity index (χ0) is 13.6. The van der Waals surface area contributed by atoms with E-state index in [9.17, 15) is 13.2 Å². The number of aryl methyl sites for hydroxylation is 1. The topological polar surface area (TPSA) is 51.8 Å². The fourth-order valence-electron chi connectivity index (χ4n) is 1.94. The van der Waals surface area contributed by atoms with Crippen molar-refractivity contribution >= 4 is 0 Å². The molecule has 4 nitrogen and oxygen atoms in total. The van der Waals surface area contributed by atoms with E-state index < -0.39 is 18.0 Å². The first-order valence-electron chi connectivity index (χ1n) is 5.78. The SMILES string of the molecule is Cc1ccc(-c2nc([C@@H]3C[C@H]3C(F)(F)F)no2)cn1. The van der Waals surface area contributed by atoms with Gasteiger partial charge in [0.1, 0.15) is 0 Å². The summed E-state index contributed by atoms with van der Waals surface area (Å²) >= 11 is 0. The van der Waals surface area contributed by atoms with E-state index in [1.165, 1.54) is 0 Å². The van der Waals surface area contributed by atoms with Gasteiger partial charge < -0.3 is 4.52 Å². The van der Waals surface area contributed by atoms with Crippen molar-refractivity contribution in [3.05, 3.63) is 29.8 Å². The highest BCUT2D eigenvalue weighted by Crippen LogP contribution is 2.55. The Hall–Kier alpha value is -1.92. The van der Waals surface area contributed by atoms with E-state index in [0.717, 1.165) is 5.69 Å². The predicted molar refractivity (Wildman–Crippen MR) is 59.2 cm³/mol. The second-order valence-corrected chi connectivity index (χ2v) is 4.64. The third-order valence-electron chi connectivity index (χ3n) is 3.14. The standard InChI is InChI=1S/C12H10F3N3O/c1-6-2-3-7(5-16-6)11-17-10(18-19-11)8-4-9(8)12(13,14)15/h2-3,5,8-9H,4H2,1H3/t8-,9-/m1/s1. The van der Waals surface area contributed by atoms with E-state index in [4.69, 9.17) is 4.52 Å². The van der Waals surface area contributed by atoms with Crippen LogP contribution in [-0.2, 0) is 0 Å². The van der Waals surface area contributed by atoms with Crippen LogP contribution in [0.4, 0.5) is 13.2 Å². The van der Waals surface area contributed by atoms with Crippen molar-refractivity contribution in [1.29, 1.82) is 0 Å². The summed E-state index contributed by atoms with van der Waals surface area (Å²) in [5.74, 6) is -1.68. The molecule has 1 aliphatic rings. The molecule has 0 radical (unpaired) electrons. The van der Waals surface area contributed by atoms with Crippen LogP contribution < -0.4 is 0 Å². The molecule has 0 aliphatic heterocycles. The summed E-state index contributed by atoms with van der Waals surface area (Å²) in [5.41, 5.74) is 1.44. The van der Waals surface area contributed by atoms with Gasteiger partial charge in [-0.2, -0.15) is 18.2 Å². The number of rotatable bonds is 2. The molecular formula is C12H10F3N3O.